The van der Waals surface area contributed by atoms with Gasteiger partial charge < -0.3 is 5.41 Å². The van der Waals surface area contributed by atoms with Crippen LogP contribution in [0.25, 0.3) is 0 Å². The SMILES string of the molecule is N=C(C=S)C1CC=C(F)C(OC(F)(F)F)C1. The molecular weight excluding hydrogens is 246 g/mol. The lowest BCUT2D eigenvalue weighted by Gasteiger charge is -2.26. The first-order valence-electron chi connectivity index (χ1n) is 4.47. The molecule has 0 aromatic carbocycles. The fraction of sp³-hybridized carbons (Fsp3) is 0.556. The Balaban J connectivity index is 2.71. The number of alkyl halides is 3. The van der Waals surface area contributed by atoms with Gasteiger partial charge in [-0.2, -0.15) is 0 Å². The average molecular weight is 255 g/mol. The lowest BCUT2D eigenvalue weighted by Crippen LogP contribution is -2.31. The summed E-state index contributed by atoms with van der Waals surface area (Å²) < 4.78 is 52.5. The largest absolute Gasteiger partial charge is 0.523 e. The maximum atomic E-state index is 13.0. The van der Waals surface area contributed by atoms with E-state index in [9.17, 15) is 17.6 Å². The molecule has 0 spiro atoms. The Bertz CT molecular complexity index is 326. The molecular formula is C9H9F4NOS. The molecule has 0 bridgehead atoms. The Morgan fingerprint density at radius 2 is 2.19 bits per heavy atom. The molecule has 0 amide bonds. The molecule has 0 aliphatic heterocycles. The van der Waals surface area contributed by atoms with Crippen LogP contribution in [0.1, 0.15) is 12.8 Å². The van der Waals surface area contributed by atoms with Crippen LogP contribution in [0.4, 0.5) is 17.6 Å². The third-order valence-corrected chi connectivity index (χ3v) is 2.50. The van der Waals surface area contributed by atoms with Gasteiger partial charge in [0.1, 0.15) is 11.9 Å². The van der Waals surface area contributed by atoms with Crippen LogP contribution in [0.3, 0.4) is 0 Å². The summed E-state index contributed by atoms with van der Waals surface area (Å²) in [6, 6.07) is 0. The fourth-order valence-corrected chi connectivity index (χ4v) is 1.66. The number of thiocarbonyl (C=S) groups is 1. The van der Waals surface area contributed by atoms with Gasteiger partial charge in [-0.3, -0.25) is 4.74 Å². The summed E-state index contributed by atoms with van der Waals surface area (Å²) in [6.07, 6.45) is -5.56. The van der Waals surface area contributed by atoms with Gasteiger partial charge in [0.2, 0.25) is 0 Å². The predicted octanol–water partition coefficient (Wildman–Crippen LogP) is 3.17. The maximum Gasteiger partial charge on any atom is 0.523 e. The number of ether oxygens (including phenoxy) is 1. The van der Waals surface area contributed by atoms with Crippen LogP contribution >= 0.6 is 12.2 Å². The molecule has 7 heteroatoms. The molecule has 0 fully saturated rings. The summed E-state index contributed by atoms with van der Waals surface area (Å²) in [5.74, 6) is -1.45. The number of hydrogen-bond donors (Lipinski definition) is 1. The highest BCUT2D eigenvalue weighted by molar-refractivity contribution is 7.80. The first-order chi connectivity index (χ1) is 7.33. The second kappa shape index (κ2) is 5.01. The van der Waals surface area contributed by atoms with E-state index in [0.29, 0.717) is 0 Å². The minimum atomic E-state index is -4.88. The van der Waals surface area contributed by atoms with Crippen molar-refractivity contribution in [3.63, 3.8) is 0 Å². The van der Waals surface area contributed by atoms with Crippen molar-refractivity contribution < 1.29 is 22.3 Å². The maximum absolute atomic E-state index is 13.0. The zero-order valence-corrected chi connectivity index (χ0v) is 8.87. The van der Waals surface area contributed by atoms with Crippen molar-refractivity contribution in [2.75, 3.05) is 0 Å². The highest BCUT2D eigenvalue weighted by Gasteiger charge is 2.38. The third-order valence-electron chi connectivity index (χ3n) is 2.25. The summed E-state index contributed by atoms with van der Waals surface area (Å²) in [5, 5.41) is 8.45. The van der Waals surface area contributed by atoms with Gasteiger partial charge in [-0.05, 0) is 18.9 Å². The quantitative estimate of drug-likeness (QED) is 0.477. The molecule has 2 nitrogen and oxygen atoms in total. The molecule has 1 rings (SSSR count). The minimum absolute atomic E-state index is 0.0227. The zero-order valence-electron chi connectivity index (χ0n) is 8.05. The summed E-state index contributed by atoms with van der Waals surface area (Å²) >= 11 is 4.51. The van der Waals surface area contributed by atoms with Crippen molar-refractivity contribution in [3.05, 3.63) is 11.9 Å². The Kier molecular flexibility index (Phi) is 4.15. The molecule has 1 N–H and O–H groups in total. The highest BCUT2D eigenvalue weighted by Crippen LogP contribution is 2.32. The normalized spacial score (nSPS) is 26.1. The van der Waals surface area contributed by atoms with Crippen molar-refractivity contribution in [2.24, 2.45) is 5.92 Å². The number of allylic oxidation sites excluding steroid dienone is 1. The molecule has 2 atom stereocenters. The zero-order chi connectivity index (χ0) is 12.3. The monoisotopic (exact) mass is 255 g/mol. The van der Waals surface area contributed by atoms with Crippen LogP contribution in [0.15, 0.2) is 11.9 Å². The van der Waals surface area contributed by atoms with Gasteiger partial charge in [0.15, 0.2) is 0 Å². The highest BCUT2D eigenvalue weighted by atomic mass is 32.1. The van der Waals surface area contributed by atoms with E-state index in [4.69, 9.17) is 5.41 Å². The van der Waals surface area contributed by atoms with Crippen molar-refractivity contribution in [2.45, 2.75) is 25.3 Å². The lowest BCUT2D eigenvalue weighted by atomic mass is 9.88. The second-order valence-electron chi connectivity index (χ2n) is 3.38. The number of rotatable bonds is 3. The van der Waals surface area contributed by atoms with Gasteiger partial charge in [-0.1, -0.05) is 12.2 Å². The number of nitrogens with one attached hydrogen (secondary N) is 1. The standard InChI is InChI=1S/C9H9F4NOS/c10-6-2-1-5(7(14)4-16)3-8(6)15-9(11,12)13/h2,4-5,8,14H,1,3H2. The first kappa shape index (κ1) is 13.2. The Morgan fingerprint density at radius 3 is 2.69 bits per heavy atom. The van der Waals surface area contributed by atoms with Crippen LogP contribution in [0.2, 0.25) is 0 Å². The Morgan fingerprint density at radius 1 is 1.56 bits per heavy atom. The van der Waals surface area contributed by atoms with Crippen LogP contribution in [-0.2, 0) is 4.74 Å². The van der Waals surface area contributed by atoms with Gasteiger partial charge in [0.05, 0.1) is 0 Å². The second-order valence-corrected chi connectivity index (χ2v) is 3.62. The Hall–Kier alpha value is -0.820. The minimum Gasteiger partial charge on any atom is -0.304 e. The van der Waals surface area contributed by atoms with E-state index in [1.54, 1.807) is 0 Å². The van der Waals surface area contributed by atoms with Crippen LogP contribution in [-0.4, -0.2) is 23.5 Å². The van der Waals surface area contributed by atoms with Gasteiger partial charge in [0, 0.05) is 17.0 Å². The first-order valence-corrected chi connectivity index (χ1v) is 4.94. The van der Waals surface area contributed by atoms with Crippen molar-refractivity contribution in [1.82, 2.24) is 0 Å². The molecule has 16 heavy (non-hydrogen) atoms. The molecule has 0 aromatic heterocycles. The van der Waals surface area contributed by atoms with E-state index in [1.807, 2.05) is 0 Å². The van der Waals surface area contributed by atoms with E-state index in [1.165, 1.54) is 0 Å². The van der Waals surface area contributed by atoms with E-state index >= 15 is 0 Å². The molecule has 0 aromatic rings. The molecule has 1 aliphatic carbocycles. The van der Waals surface area contributed by atoms with E-state index in [0.717, 1.165) is 11.4 Å². The number of halogens is 4. The molecule has 1 aliphatic rings. The van der Waals surface area contributed by atoms with E-state index < -0.39 is 24.2 Å². The van der Waals surface area contributed by atoms with Gasteiger partial charge >= 0.3 is 6.36 Å². The van der Waals surface area contributed by atoms with Crippen molar-refractivity contribution in [1.29, 1.82) is 5.41 Å². The molecule has 0 saturated carbocycles. The number of hydrogen-bond acceptors (Lipinski definition) is 3. The molecule has 90 valence electrons. The molecule has 2 unspecified atom stereocenters. The lowest BCUT2D eigenvalue weighted by molar-refractivity contribution is -0.340. The van der Waals surface area contributed by atoms with Crippen LogP contribution in [0, 0.1) is 11.3 Å². The summed E-state index contributed by atoms with van der Waals surface area (Å²) in [6.45, 7) is 0. The fourth-order valence-electron chi connectivity index (χ4n) is 1.47. The predicted molar refractivity (Wildman–Crippen MR) is 54.2 cm³/mol. The van der Waals surface area contributed by atoms with Crippen molar-refractivity contribution >= 4 is 23.3 Å². The molecule has 0 saturated heterocycles. The molecule has 0 radical (unpaired) electrons. The Labute approximate surface area is 94.8 Å². The average Bonchev–Trinajstić information content (AvgIpc) is 2.18. The van der Waals surface area contributed by atoms with Crippen LogP contribution < -0.4 is 0 Å². The summed E-state index contributed by atoms with van der Waals surface area (Å²) in [5.41, 5.74) is 0.0227. The summed E-state index contributed by atoms with van der Waals surface area (Å²) in [4.78, 5) is 0. The summed E-state index contributed by atoms with van der Waals surface area (Å²) in [7, 11) is 0. The van der Waals surface area contributed by atoms with Crippen LogP contribution in [0.5, 0.6) is 0 Å². The van der Waals surface area contributed by atoms with E-state index in [2.05, 4.69) is 17.0 Å². The van der Waals surface area contributed by atoms with Gasteiger partial charge in [0.25, 0.3) is 0 Å². The molecule has 0 heterocycles. The van der Waals surface area contributed by atoms with Crippen molar-refractivity contribution in [3.8, 4) is 0 Å². The van der Waals surface area contributed by atoms with Gasteiger partial charge in [-0.25, -0.2) is 4.39 Å². The van der Waals surface area contributed by atoms with E-state index in [-0.39, 0.29) is 18.6 Å². The van der Waals surface area contributed by atoms with Gasteiger partial charge in [-0.15, -0.1) is 13.2 Å². The smallest absolute Gasteiger partial charge is 0.304 e. The topological polar surface area (TPSA) is 33.1 Å². The third kappa shape index (κ3) is 3.64.